The summed E-state index contributed by atoms with van der Waals surface area (Å²) in [5.74, 6) is 2.58. The maximum atomic E-state index is 4.70. The highest BCUT2D eigenvalue weighted by molar-refractivity contribution is 5.86. The van der Waals surface area contributed by atoms with Crippen molar-refractivity contribution in [2.24, 2.45) is 12.0 Å². The van der Waals surface area contributed by atoms with Gasteiger partial charge in [0.25, 0.3) is 0 Å². The van der Waals surface area contributed by atoms with Crippen molar-refractivity contribution in [3.63, 3.8) is 0 Å². The van der Waals surface area contributed by atoms with E-state index in [1.54, 1.807) is 0 Å². The summed E-state index contributed by atoms with van der Waals surface area (Å²) in [5, 5.41) is 16.5. The second kappa shape index (κ2) is 9.39. The summed E-state index contributed by atoms with van der Waals surface area (Å²) < 4.78 is 1.97. The summed E-state index contributed by atoms with van der Waals surface area (Å²) in [6.07, 6.45) is 5.31. The van der Waals surface area contributed by atoms with Gasteiger partial charge in [-0.1, -0.05) is 31.5 Å². The molecule has 0 bridgehead atoms. The van der Waals surface area contributed by atoms with Crippen LogP contribution in [0.3, 0.4) is 0 Å². The van der Waals surface area contributed by atoms with Crippen molar-refractivity contribution in [3.8, 4) is 0 Å². The lowest BCUT2D eigenvalue weighted by Gasteiger charge is -2.12. The Kier molecular flexibility index (Phi) is 6.68. The number of hydrogen-bond acceptors (Lipinski definition) is 3. The average molecular weight is 382 g/mol. The van der Waals surface area contributed by atoms with Crippen molar-refractivity contribution >= 4 is 16.9 Å². The van der Waals surface area contributed by atoms with E-state index < -0.39 is 0 Å². The van der Waals surface area contributed by atoms with Gasteiger partial charge in [0.15, 0.2) is 11.8 Å². The normalized spacial score (nSPS) is 11.9. The molecular weight excluding hydrogens is 350 g/mol. The zero-order chi connectivity index (χ0) is 19.9. The molecule has 3 aromatic rings. The molecule has 0 unspecified atom stereocenters. The van der Waals surface area contributed by atoms with Gasteiger partial charge in [0.2, 0.25) is 0 Å². The van der Waals surface area contributed by atoms with E-state index >= 15 is 0 Å². The molecule has 7 heteroatoms. The monoisotopic (exact) mass is 381 g/mol. The molecule has 2 aromatic heterocycles. The van der Waals surface area contributed by atoms with Crippen molar-refractivity contribution in [2.75, 3.05) is 13.1 Å². The molecule has 28 heavy (non-hydrogen) atoms. The quantitative estimate of drug-likeness (QED) is 0.318. The average Bonchev–Trinajstić information content (AvgIpc) is 3.25. The number of guanidine groups is 1. The Morgan fingerprint density at radius 3 is 2.75 bits per heavy atom. The van der Waals surface area contributed by atoms with Gasteiger partial charge in [-0.15, -0.1) is 10.2 Å². The summed E-state index contributed by atoms with van der Waals surface area (Å²) in [5.41, 5.74) is 3.83. The third kappa shape index (κ3) is 4.71. The van der Waals surface area contributed by atoms with Gasteiger partial charge in [-0.05, 0) is 37.8 Å². The lowest BCUT2D eigenvalue weighted by molar-refractivity contribution is 0.714. The highest BCUT2D eigenvalue weighted by Crippen LogP contribution is 2.21. The number of H-pyrrole nitrogens is 1. The number of unbranched alkanes of at least 4 members (excludes halogenated alkanes) is 1. The second-order valence-electron chi connectivity index (χ2n) is 7.16. The van der Waals surface area contributed by atoms with Gasteiger partial charge >= 0.3 is 0 Å². The number of rotatable bonds is 8. The predicted octanol–water partition coefficient (Wildman–Crippen LogP) is 2.99. The second-order valence-corrected chi connectivity index (χ2v) is 7.16. The predicted molar refractivity (Wildman–Crippen MR) is 115 cm³/mol. The SMILES string of the molecule is CCCCNC(=NCc1nnc(C)n1C)NCCc1c[nH]c2c(C)cccc12. The summed E-state index contributed by atoms with van der Waals surface area (Å²) in [4.78, 5) is 8.10. The topological polar surface area (TPSA) is 82.9 Å². The van der Waals surface area contributed by atoms with Crippen LogP contribution in [-0.4, -0.2) is 38.8 Å². The molecule has 3 rings (SSSR count). The third-order valence-corrected chi connectivity index (χ3v) is 5.08. The Hall–Kier alpha value is -2.83. The third-order valence-electron chi connectivity index (χ3n) is 5.08. The van der Waals surface area contributed by atoms with Gasteiger partial charge in [-0.2, -0.15) is 0 Å². The molecule has 2 heterocycles. The van der Waals surface area contributed by atoms with E-state index in [0.29, 0.717) is 6.54 Å². The van der Waals surface area contributed by atoms with Crippen molar-refractivity contribution in [1.29, 1.82) is 0 Å². The number of benzene rings is 1. The minimum Gasteiger partial charge on any atom is -0.361 e. The van der Waals surface area contributed by atoms with Gasteiger partial charge in [-0.3, -0.25) is 0 Å². The summed E-state index contributed by atoms with van der Waals surface area (Å²) in [6.45, 7) is 8.50. The summed E-state index contributed by atoms with van der Waals surface area (Å²) in [7, 11) is 1.97. The molecule has 0 radical (unpaired) electrons. The van der Waals surface area contributed by atoms with Crippen LogP contribution >= 0.6 is 0 Å². The van der Waals surface area contributed by atoms with Crippen LogP contribution < -0.4 is 10.6 Å². The first-order valence-corrected chi connectivity index (χ1v) is 10.0. The standard InChI is InChI=1S/C21H31N7/c1-5-6-11-22-21(25-14-19-27-26-16(3)28(19)4)23-12-10-17-13-24-20-15(2)8-7-9-18(17)20/h7-9,13,24H,5-6,10-12,14H2,1-4H3,(H2,22,23,25). The Labute approximate surface area is 166 Å². The Morgan fingerprint density at radius 1 is 1.18 bits per heavy atom. The Morgan fingerprint density at radius 2 is 2.00 bits per heavy atom. The van der Waals surface area contributed by atoms with Crippen LogP contribution in [0.4, 0.5) is 0 Å². The van der Waals surface area contributed by atoms with Gasteiger partial charge in [0.05, 0.1) is 0 Å². The summed E-state index contributed by atoms with van der Waals surface area (Å²) in [6, 6.07) is 6.43. The van der Waals surface area contributed by atoms with Crippen molar-refractivity contribution in [2.45, 2.75) is 46.6 Å². The lowest BCUT2D eigenvalue weighted by Crippen LogP contribution is -2.39. The Balaban J connectivity index is 1.62. The minimum atomic E-state index is 0.505. The Bertz CT molecular complexity index is 936. The molecular formula is C21H31N7. The zero-order valence-corrected chi connectivity index (χ0v) is 17.3. The number of nitrogens with one attached hydrogen (secondary N) is 3. The fourth-order valence-corrected chi connectivity index (χ4v) is 3.18. The van der Waals surface area contributed by atoms with Crippen molar-refractivity contribution in [3.05, 3.63) is 47.2 Å². The van der Waals surface area contributed by atoms with E-state index in [1.807, 2.05) is 18.5 Å². The molecule has 0 spiro atoms. The first-order valence-electron chi connectivity index (χ1n) is 10.0. The van der Waals surface area contributed by atoms with Gasteiger partial charge in [0, 0.05) is 37.2 Å². The molecule has 0 aliphatic heterocycles. The number of aromatic amines is 1. The van der Waals surface area contributed by atoms with Crippen LogP contribution in [0.2, 0.25) is 0 Å². The number of fused-ring (bicyclic) bond motifs is 1. The zero-order valence-electron chi connectivity index (χ0n) is 17.3. The van der Waals surface area contributed by atoms with E-state index in [4.69, 9.17) is 4.99 Å². The molecule has 0 saturated heterocycles. The summed E-state index contributed by atoms with van der Waals surface area (Å²) >= 11 is 0. The van der Waals surface area contributed by atoms with Crippen LogP contribution in [0.5, 0.6) is 0 Å². The molecule has 0 saturated carbocycles. The van der Waals surface area contributed by atoms with Gasteiger partial charge in [0.1, 0.15) is 12.4 Å². The molecule has 3 N–H and O–H groups in total. The van der Waals surface area contributed by atoms with Crippen molar-refractivity contribution < 1.29 is 0 Å². The molecule has 0 atom stereocenters. The first kappa shape index (κ1) is 19.9. The number of aryl methyl sites for hydroxylation is 2. The molecule has 1 aromatic carbocycles. The number of aromatic nitrogens is 4. The molecule has 0 amide bonds. The first-order chi connectivity index (χ1) is 13.6. The number of hydrogen-bond donors (Lipinski definition) is 3. The maximum absolute atomic E-state index is 4.70. The number of para-hydroxylation sites is 1. The highest BCUT2D eigenvalue weighted by atomic mass is 15.3. The molecule has 7 nitrogen and oxygen atoms in total. The number of nitrogens with zero attached hydrogens (tertiary/aromatic N) is 4. The molecule has 0 fully saturated rings. The molecule has 0 aliphatic rings. The van der Waals surface area contributed by atoms with Crippen molar-refractivity contribution in [1.82, 2.24) is 30.4 Å². The van der Waals surface area contributed by atoms with Crippen LogP contribution in [0.15, 0.2) is 29.4 Å². The van der Waals surface area contributed by atoms with Gasteiger partial charge < -0.3 is 20.2 Å². The lowest BCUT2D eigenvalue weighted by atomic mass is 10.1. The van der Waals surface area contributed by atoms with E-state index in [0.717, 1.165) is 50.0 Å². The fraction of sp³-hybridized carbons (Fsp3) is 0.476. The largest absolute Gasteiger partial charge is 0.361 e. The van der Waals surface area contributed by atoms with Crippen LogP contribution in [0, 0.1) is 13.8 Å². The van der Waals surface area contributed by atoms with E-state index in [9.17, 15) is 0 Å². The minimum absolute atomic E-state index is 0.505. The fourth-order valence-electron chi connectivity index (χ4n) is 3.18. The molecule has 150 valence electrons. The van der Waals surface area contributed by atoms with Gasteiger partial charge in [-0.25, -0.2) is 4.99 Å². The smallest absolute Gasteiger partial charge is 0.191 e. The highest BCUT2D eigenvalue weighted by Gasteiger charge is 2.07. The van der Waals surface area contributed by atoms with E-state index in [-0.39, 0.29) is 0 Å². The van der Waals surface area contributed by atoms with E-state index in [2.05, 4.69) is 64.1 Å². The maximum Gasteiger partial charge on any atom is 0.191 e. The van der Waals surface area contributed by atoms with Crippen LogP contribution in [-0.2, 0) is 20.0 Å². The number of aliphatic imine (C=N–C) groups is 1. The van der Waals surface area contributed by atoms with E-state index in [1.165, 1.54) is 22.0 Å². The van der Waals surface area contributed by atoms with Crippen LogP contribution in [0.1, 0.15) is 42.5 Å². The van der Waals surface area contributed by atoms with Crippen LogP contribution in [0.25, 0.3) is 10.9 Å². The molecule has 0 aliphatic carbocycles.